The molecule has 10 nitrogen and oxygen atoms in total. The first-order chi connectivity index (χ1) is 22.8. The Labute approximate surface area is 271 Å². The Balaban J connectivity index is 1.71. The Bertz CT molecular complexity index is 1840. The molecular weight excluding hydrogens is 643 g/mol. The van der Waals surface area contributed by atoms with Gasteiger partial charge in [0.15, 0.2) is 5.75 Å². The molecule has 0 bridgehead atoms. The highest BCUT2D eigenvalue weighted by molar-refractivity contribution is 6.00. The normalized spacial score (nSPS) is 12.8. The number of carbonyl (C=O) groups is 2. The minimum absolute atomic E-state index is 0.0289. The first-order valence-corrected chi connectivity index (χ1v) is 14.7. The molecule has 0 saturated carbocycles. The van der Waals surface area contributed by atoms with Gasteiger partial charge < -0.3 is 24.8 Å². The Hall–Kier alpha value is -5.05. The molecular formula is C33H33F5N4O6. The number of anilines is 1. The maximum atomic E-state index is 15.1. The molecule has 2 atom stereocenters. The summed E-state index contributed by atoms with van der Waals surface area (Å²) in [6, 6.07) is 7.82. The zero-order valence-corrected chi connectivity index (χ0v) is 26.4. The van der Waals surface area contributed by atoms with Gasteiger partial charge in [-0.05, 0) is 40.5 Å². The summed E-state index contributed by atoms with van der Waals surface area (Å²) in [5.41, 5.74) is -0.791. The number of halogens is 5. The first kappa shape index (κ1) is 35.8. The van der Waals surface area contributed by atoms with Crippen LogP contribution in [0.1, 0.15) is 29.3 Å². The molecule has 1 heterocycles. The summed E-state index contributed by atoms with van der Waals surface area (Å²) in [5.74, 6) is -4.92. The van der Waals surface area contributed by atoms with E-state index in [0.29, 0.717) is 34.0 Å². The number of alkyl halides is 3. The lowest BCUT2D eigenvalue weighted by Crippen LogP contribution is -2.44. The van der Waals surface area contributed by atoms with E-state index < -0.39 is 65.0 Å². The van der Waals surface area contributed by atoms with Crippen LogP contribution in [0.25, 0.3) is 21.9 Å². The fraction of sp³-hybridized carbons (Fsp3) is 0.333. The monoisotopic (exact) mass is 676 g/mol. The molecule has 256 valence electrons. The molecule has 0 radical (unpaired) electrons. The van der Waals surface area contributed by atoms with Crippen molar-refractivity contribution in [2.45, 2.75) is 38.0 Å². The zero-order valence-electron chi connectivity index (χ0n) is 26.4. The van der Waals surface area contributed by atoms with Crippen LogP contribution in [0.15, 0.2) is 59.5 Å². The van der Waals surface area contributed by atoms with Crippen LogP contribution in [0.3, 0.4) is 0 Å². The number of methoxy groups -OCH3 is 2. The summed E-state index contributed by atoms with van der Waals surface area (Å²) >= 11 is 0. The number of aromatic nitrogens is 2. The standard InChI is InChI=1S/C33H33F5N4O6/c1-5-27(33(36,37)38)40-19-15-23(34)29(24(35)16-19)30(43)41-25(32(45)48-13-12-46-3)14-18-10-11-22(21-9-7-6-8-20(18)21)28-26(47-4)17-39-42(2)31(28)44/h6-11,15-17,25,27,40H,5,12-14H2,1-4H3,(H,41,43)/t25-,27+/m0/s1. The third-order valence-electron chi connectivity index (χ3n) is 7.57. The van der Waals surface area contributed by atoms with Crippen LogP contribution in [0.5, 0.6) is 5.75 Å². The molecule has 0 aliphatic rings. The number of hydrogen-bond donors (Lipinski definition) is 2. The second kappa shape index (κ2) is 15.2. The van der Waals surface area contributed by atoms with E-state index in [1.807, 2.05) is 5.32 Å². The highest BCUT2D eigenvalue weighted by atomic mass is 19.4. The summed E-state index contributed by atoms with van der Waals surface area (Å²) in [7, 11) is 4.27. The molecule has 48 heavy (non-hydrogen) atoms. The number of aryl methyl sites for hydroxylation is 1. The second-order valence-corrected chi connectivity index (χ2v) is 10.7. The van der Waals surface area contributed by atoms with Crippen LogP contribution in [-0.4, -0.2) is 67.4 Å². The van der Waals surface area contributed by atoms with Crippen molar-refractivity contribution in [1.29, 1.82) is 0 Å². The summed E-state index contributed by atoms with van der Waals surface area (Å²) in [4.78, 5) is 39.5. The number of rotatable bonds is 13. The lowest BCUT2D eigenvalue weighted by Gasteiger charge is -2.22. The summed E-state index contributed by atoms with van der Waals surface area (Å²) < 4.78 is 86.5. The van der Waals surface area contributed by atoms with E-state index >= 15 is 8.78 Å². The SMILES string of the molecule is CC[C@@H](Nc1cc(F)c(C(=O)N[C@@H](Cc2ccc(-c3c(OC)cnn(C)c3=O)c3ccccc23)C(=O)OCCOC)c(F)c1)C(F)(F)F. The predicted octanol–water partition coefficient (Wildman–Crippen LogP) is 5.17. The highest BCUT2D eigenvalue weighted by Crippen LogP contribution is 2.34. The summed E-state index contributed by atoms with van der Waals surface area (Å²) in [6.07, 6.45) is -3.91. The summed E-state index contributed by atoms with van der Waals surface area (Å²) in [5, 5.41) is 9.52. The first-order valence-electron chi connectivity index (χ1n) is 14.7. The van der Waals surface area contributed by atoms with Crippen molar-refractivity contribution in [2.75, 3.05) is 32.8 Å². The molecule has 0 fully saturated rings. The number of ether oxygens (including phenoxy) is 3. The third-order valence-corrected chi connectivity index (χ3v) is 7.57. The van der Waals surface area contributed by atoms with Gasteiger partial charge in [0.05, 0.1) is 25.5 Å². The predicted molar refractivity (Wildman–Crippen MR) is 167 cm³/mol. The van der Waals surface area contributed by atoms with Crippen molar-refractivity contribution in [3.8, 4) is 16.9 Å². The number of nitrogens with one attached hydrogen (secondary N) is 2. The fourth-order valence-corrected chi connectivity index (χ4v) is 5.14. The van der Waals surface area contributed by atoms with Crippen molar-refractivity contribution in [2.24, 2.45) is 7.05 Å². The number of esters is 1. The van der Waals surface area contributed by atoms with Crippen molar-refractivity contribution in [3.05, 3.63) is 87.8 Å². The van der Waals surface area contributed by atoms with E-state index in [1.165, 1.54) is 34.4 Å². The van der Waals surface area contributed by atoms with E-state index in [-0.39, 0.29) is 30.9 Å². The van der Waals surface area contributed by atoms with Crippen molar-refractivity contribution >= 4 is 28.3 Å². The van der Waals surface area contributed by atoms with Gasteiger partial charge in [-0.2, -0.15) is 18.3 Å². The molecule has 15 heteroatoms. The van der Waals surface area contributed by atoms with Gasteiger partial charge in [0, 0.05) is 26.3 Å². The van der Waals surface area contributed by atoms with Crippen LogP contribution in [0, 0.1) is 11.6 Å². The minimum Gasteiger partial charge on any atom is -0.494 e. The van der Waals surface area contributed by atoms with Crippen LogP contribution < -0.4 is 20.9 Å². The molecule has 0 saturated heterocycles. The molecule has 0 unspecified atom stereocenters. The molecule has 1 amide bonds. The smallest absolute Gasteiger partial charge is 0.408 e. The molecule has 2 N–H and O–H groups in total. The Morgan fingerprint density at radius 2 is 1.67 bits per heavy atom. The third kappa shape index (κ3) is 7.90. The van der Waals surface area contributed by atoms with Gasteiger partial charge in [0.2, 0.25) is 0 Å². The van der Waals surface area contributed by atoms with Gasteiger partial charge >= 0.3 is 12.1 Å². The van der Waals surface area contributed by atoms with E-state index in [9.17, 15) is 27.6 Å². The number of fused-ring (bicyclic) bond motifs is 1. The average Bonchev–Trinajstić information content (AvgIpc) is 3.04. The quantitative estimate of drug-likeness (QED) is 0.113. The van der Waals surface area contributed by atoms with Gasteiger partial charge in [-0.1, -0.05) is 43.3 Å². The van der Waals surface area contributed by atoms with E-state index in [0.717, 1.165) is 4.68 Å². The van der Waals surface area contributed by atoms with Gasteiger partial charge in [-0.3, -0.25) is 9.59 Å². The topological polar surface area (TPSA) is 121 Å². The van der Waals surface area contributed by atoms with Crippen LogP contribution in [0.4, 0.5) is 27.6 Å². The van der Waals surface area contributed by atoms with Crippen molar-refractivity contribution in [3.63, 3.8) is 0 Å². The number of hydrogen-bond acceptors (Lipinski definition) is 8. The average molecular weight is 677 g/mol. The Morgan fingerprint density at radius 1 is 1.00 bits per heavy atom. The molecule has 0 spiro atoms. The fourth-order valence-electron chi connectivity index (χ4n) is 5.14. The molecule has 3 aromatic carbocycles. The molecule has 4 rings (SSSR count). The molecule has 0 aliphatic carbocycles. The van der Waals surface area contributed by atoms with E-state index in [2.05, 4.69) is 10.4 Å². The number of benzene rings is 3. The maximum absolute atomic E-state index is 15.1. The Kier molecular flexibility index (Phi) is 11.4. The van der Waals surface area contributed by atoms with E-state index in [1.54, 1.807) is 36.4 Å². The Morgan fingerprint density at radius 3 is 2.27 bits per heavy atom. The lowest BCUT2D eigenvalue weighted by atomic mass is 9.92. The number of nitrogens with zero attached hydrogens (tertiary/aromatic N) is 2. The van der Waals surface area contributed by atoms with Crippen LogP contribution >= 0.6 is 0 Å². The minimum atomic E-state index is -4.68. The van der Waals surface area contributed by atoms with Gasteiger partial charge in [0.25, 0.3) is 11.5 Å². The highest BCUT2D eigenvalue weighted by Gasteiger charge is 2.38. The molecule has 0 aliphatic heterocycles. The van der Waals surface area contributed by atoms with Crippen molar-refractivity contribution < 1.29 is 45.8 Å². The van der Waals surface area contributed by atoms with Gasteiger partial charge in [-0.25, -0.2) is 18.3 Å². The van der Waals surface area contributed by atoms with Crippen LogP contribution in [-0.2, 0) is 27.7 Å². The van der Waals surface area contributed by atoms with Gasteiger partial charge in [0.1, 0.15) is 35.9 Å². The zero-order chi connectivity index (χ0) is 35.2. The molecule has 4 aromatic rings. The maximum Gasteiger partial charge on any atom is 0.408 e. The largest absolute Gasteiger partial charge is 0.494 e. The van der Waals surface area contributed by atoms with Gasteiger partial charge in [-0.15, -0.1) is 0 Å². The lowest BCUT2D eigenvalue weighted by molar-refractivity contribution is -0.147. The number of amides is 1. The number of carbonyl (C=O) groups excluding carboxylic acids is 2. The molecule has 1 aromatic heterocycles. The second-order valence-electron chi connectivity index (χ2n) is 10.7. The van der Waals surface area contributed by atoms with Crippen LogP contribution in [0.2, 0.25) is 0 Å². The van der Waals surface area contributed by atoms with E-state index in [4.69, 9.17) is 14.2 Å². The van der Waals surface area contributed by atoms with Crippen molar-refractivity contribution in [1.82, 2.24) is 15.1 Å². The summed E-state index contributed by atoms with van der Waals surface area (Å²) in [6.45, 7) is 1.09.